The number of aliphatic hydroxyl groups excluding tert-OH is 1. The molecule has 0 fully saturated rings. The van der Waals surface area contributed by atoms with Crippen molar-refractivity contribution in [2.45, 2.75) is 264 Å². The van der Waals surface area contributed by atoms with Crippen molar-refractivity contribution in [3.05, 3.63) is 122 Å². The molecule has 0 aliphatic rings. The van der Waals surface area contributed by atoms with Crippen molar-refractivity contribution in [2.75, 3.05) is 26.4 Å². The molecule has 0 spiro atoms. The molecule has 0 saturated heterocycles. The molecule has 0 aliphatic carbocycles. The summed E-state index contributed by atoms with van der Waals surface area (Å²) in [6.45, 7) is 4.31. The van der Waals surface area contributed by atoms with Crippen LogP contribution in [-0.2, 0) is 42.2 Å². The van der Waals surface area contributed by atoms with Crippen LogP contribution in [0.3, 0.4) is 0 Å². The molecule has 0 aromatic carbocycles. The van der Waals surface area contributed by atoms with Crippen LogP contribution in [0.4, 0.5) is 0 Å². The number of carbonyl (C=O) groups excluding carboxylic acids is 3. The highest BCUT2D eigenvalue weighted by molar-refractivity contribution is 7.47. The topological polar surface area (TPSA) is 155 Å². The largest absolute Gasteiger partial charge is 0.472 e. The molecule has 456 valence electrons. The molecule has 3 atom stereocenters. The molecule has 3 unspecified atom stereocenters. The van der Waals surface area contributed by atoms with Gasteiger partial charge in [-0.2, -0.15) is 0 Å². The van der Waals surface area contributed by atoms with Gasteiger partial charge in [-0.15, -0.1) is 0 Å². The maximum absolute atomic E-state index is 12.9. The first kappa shape index (κ1) is 75.9. The Kier molecular flexibility index (Phi) is 57.8. The summed E-state index contributed by atoms with van der Waals surface area (Å²) in [5, 5.41) is 9.85. The zero-order valence-electron chi connectivity index (χ0n) is 50.5. The van der Waals surface area contributed by atoms with Crippen LogP contribution in [-0.4, -0.2) is 66.5 Å². The van der Waals surface area contributed by atoms with E-state index in [1.165, 1.54) is 96.3 Å². The number of hydrogen-bond donors (Lipinski definition) is 2. The van der Waals surface area contributed by atoms with Gasteiger partial charge < -0.3 is 24.2 Å². The van der Waals surface area contributed by atoms with Gasteiger partial charge in [0, 0.05) is 19.3 Å². The average Bonchev–Trinajstić information content (AvgIpc) is 3.45. The zero-order chi connectivity index (χ0) is 58.3. The van der Waals surface area contributed by atoms with Crippen LogP contribution in [0, 0.1) is 0 Å². The number of ether oxygens (including phenoxy) is 3. The summed E-state index contributed by atoms with van der Waals surface area (Å²) in [6, 6.07) is 0. The lowest BCUT2D eigenvalue weighted by Crippen LogP contribution is -2.30. The fraction of sp³-hybridized carbons (Fsp3) is 0.662. The van der Waals surface area contributed by atoms with E-state index in [0.29, 0.717) is 25.7 Å². The Balaban J connectivity index is 4.81. The van der Waals surface area contributed by atoms with Crippen molar-refractivity contribution < 1.29 is 52.2 Å². The lowest BCUT2D eigenvalue weighted by molar-refractivity contribution is -0.161. The molecule has 0 bridgehead atoms. The lowest BCUT2D eigenvalue weighted by atomic mass is 10.0. The van der Waals surface area contributed by atoms with Gasteiger partial charge in [-0.05, 0) is 96.3 Å². The van der Waals surface area contributed by atoms with E-state index in [9.17, 15) is 28.9 Å². The van der Waals surface area contributed by atoms with Crippen LogP contribution < -0.4 is 0 Å². The van der Waals surface area contributed by atoms with Gasteiger partial charge in [0.1, 0.15) is 12.7 Å². The first-order chi connectivity index (χ1) is 39.2. The maximum atomic E-state index is 12.9. The second-order valence-electron chi connectivity index (χ2n) is 20.5. The molecule has 12 heteroatoms. The predicted octanol–water partition coefficient (Wildman–Crippen LogP) is 19.1. The van der Waals surface area contributed by atoms with E-state index in [1.807, 2.05) is 12.2 Å². The van der Waals surface area contributed by atoms with Crippen molar-refractivity contribution in [3.8, 4) is 0 Å². The highest BCUT2D eigenvalue weighted by Crippen LogP contribution is 2.43. The Bertz CT molecular complexity index is 1800. The first-order valence-corrected chi connectivity index (χ1v) is 32.9. The Morgan fingerprint density at radius 1 is 0.362 bits per heavy atom. The highest BCUT2D eigenvalue weighted by Gasteiger charge is 2.28. The Labute approximate surface area is 487 Å². The third-order valence-corrected chi connectivity index (χ3v) is 13.8. The molecule has 0 heterocycles. The SMILES string of the molecule is CC/C=C\C/C=C\C/C=C\C/C=C\C/C=C\C/C=C\CCC(=O)OC(COC(=O)CCCC/C=C\C/C=C\C/C=C\C/C=C\CC)COP(=O)(O)OCC(CO)OC(=O)CCCCCCCCCCCCCCCCCCCCC. The van der Waals surface area contributed by atoms with Crippen molar-refractivity contribution in [3.63, 3.8) is 0 Å². The number of carbonyl (C=O) groups is 3. The van der Waals surface area contributed by atoms with Gasteiger partial charge in [-0.1, -0.05) is 258 Å². The van der Waals surface area contributed by atoms with E-state index in [4.69, 9.17) is 23.3 Å². The smallest absolute Gasteiger partial charge is 0.462 e. The third kappa shape index (κ3) is 58.5. The van der Waals surface area contributed by atoms with Gasteiger partial charge in [-0.25, -0.2) is 4.57 Å². The highest BCUT2D eigenvalue weighted by atomic mass is 31.2. The predicted molar refractivity (Wildman–Crippen MR) is 334 cm³/mol. The standard InChI is InChI=1S/C68H113O11P/c1-4-7-10-13-16-19-22-25-28-30-32-34-37-40-43-46-49-52-55-58-67(71)78-64(60-69)62-76-80(73,74)77-63-65(61-75-66(70)57-54-51-48-45-42-39-36-27-24-21-18-15-12-9-6-3)79-68(72)59-56-53-50-47-44-41-38-35-33-31-29-26-23-20-17-14-11-8-5-2/h8-9,11-12,17-18,20-21,26-27,29,33,35-36,41-42,44-45,50,53,64-65,69H,4-7,10,13-16,19,22-25,28,30-32,34,37-40,43,46-49,51-52,54-63H2,1-3H3,(H,73,74)/b11-8-,12-9-,20-17-,21-18-,29-26-,35-33-,36-27-,44-41-,45-42-,53-50-. The molecule has 0 aromatic rings. The number of hydrogen-bond acceptors (Lipinski definition) is 10. The van der Waals surface area contributed by atoms with Crippen molar-refractivity contribution in [2.24, 2.45) is 0 Å². The molecule has 0 aromatic heterocycles. The summed E-state index contributed by atoms with van der Waals surface area (Å²) in [5.74, 6) is -1.62. The summed E-state index contributed by atoms with van der Waals surface area (Å²) in [7, 11) is -4.79. The summed E-state index contributed by atoms with van der Waals surface area (Å²) >= 11 is 0. The lowest BCUT2D eigenvalue weighted by Gasteiger charge is -2.21. The first-order valence-electron chi connectivity index (χ1n) is 31.4. The number of esters is 3. The van der Waals surface area contributed by atoms with Crippen LogP contribution in [0.5, 0.6) is 0 Å². The molecular formula is C68H113O11P. The summed E-state index contributed by atoms with van der Waals surface area (Å²) in [4.78, 5) is 48.6. The summed E-state index contributed by atoms with van der Waals surface area (Å²) < 4.78 is 39.5. The molecule has 11 nitrogen and oxygen atoms in total. The monoisotopic (exact) mass is 1140 g/mol. The van der Waals surface area contributed by atoms with Crippen LogP contribution in [0.15, 0.2) is 122 Å². The van der Waals surface area contributed by atoms with Gasteiger partial charge in [0.05, 0.1) is 19.8 Å². The van der Waals surface area contributed by atoms with E-state index < -0.39 is 64.4 Å². The van der Waals surface area contributed by atoms with Gasteiger partial charge in [0.15, 0.2) is 6.10 Å². The second-order valence-corrected chi connectivity index (χ2v) is 21.9. The summed E-state index contributed by atoms with van der Waals surface area (Å²) in [5.41, 5.74) is 0. The fourth-order valence-corrected chi connectivity index (χ4v) is 8.98. The summed E-state index contributed by atoms with van der Waals surface area (Å²) in [6.07, 6.45) is 76.1. The number of unbranched alkanes of at least 4 members (excludes halogenated alkanes) is 20. The van der Waals surface area contributed by atoms with Crippen molar-refractivity contribution in [1.82, 2.24) is 0 Å². The Hall–Kier alpha value is -4.12. The Morgan fingerprint density at radius 2 is 0.675 bits per heavy atom. The second kappa shape index (κ2) is 61.0. The van der Waals surface area contributed by atoms with Gasteiger partial charge >= 0.3 is 25.7 Å². The zero-order valence-corrected chi connectivity index (χ0v) is 51.4. The molecule has 2 N–H and O–H groups in total. The van der Waals surface area contributed by atoms with Crippen LogP contribution in [0.1, 0.15) is 252 Å². The minimum Gasteiger partial charge on any atom is -0.462 e. The van der Waals surface area contributed by atoms with Crippen LogP contribution in [0.25, 0.3) is 0 Å². The molecule has 80 heavy (non-hydrogen) atoms. The normalized spacial score (nSPS) is 14.1. The third-order valence-electron chi connectivity index (χ3n) is 12.9. The molecule has 0 amide bonds. The number of phosphoric ester groups is 1. The molecule has 0 aliphatic heterocycles. The Morgan fingerprint density at radius 3 is 1.07 bits per heavy atom. The number of allylic oxidation sites excluding steroid dienone is 20. The molecular weight excluding hydrogens is 1020 g/mol. The molecule has 0 radical (unpaired) electrons. The van der Waals surface area contributed by atoms with E-state index in [-0.39, 0.29) is 19.3 Å². The van der Waals surface area contributed by atoms with Gasteiger partial charge in [0.2, 0.25) is 0 Å². The van der Waals surface area contributed by atoms with Crippen molar-refractivity contribution in [1.29, 1.82) is 0 Å². The van der Waals surface area contributed by atoms with E-state index in [1.54, 1.807) is 0 Å². The van der Waals surface area contributed by atoms with Crippen LogP contribution >= 0.6 is 7.82 Å². The average molecular weight is 1140 g/mol. The number of phosphoric acid groups is 1. The molecule has 0 rings (SSSR count). The maximum Gasteiger partial charge on any atom is 0.472 e. The number of aliphatic hydroxyl groups is 1. The fourth-order valence-electron chi connectivity index (χ4n) is 8.20. The van der Waals surface area contributed by atoms with Crippen molar-refractivity contribution >= 4 is 25.7 Å². The van der Waals surface area contributed by atoms with E-state index >= 15 is 0 Å². The minimum absolute atomic E-state index is 0.0281. The van der Waals surface area contributed by atoms with Gasteiger partial charge in [-0.3, -0.25) is 23.4 Å². The molecule has 0 saturated carbocycles. The number of rotatable bonds is 57. The van der Waals surface area contributed by atoms with Gasteiger partial charge in [0.25, 0.3) is 0 Å². The van der Waals surface area contributed by atoms with E-state index in [2.05, 4.69) is 130 Å². The van der Waals surface area contributed by atoms with E-state index in [0.717, 1.165) is 89.9 Å². The minimum atomic E-state index is -4.79. The quantitative estimate of drug-likeness (QED) is 0.0197. The van der Waals surface area contributed by atoms with Crippen LogP contribution in [0.2, 0.25) is 0 Å².